The van der Waals surface area contributed by atoms with Crippen molar-refractivity contribution >= 4 is 12.4 Å². The third-order valence-electron chi connectivity index (χ3n) is 1.16. The van der Waals surface area contributed by atoms with Crippen molar-refractivity contribution in [2.45, 2.75) is 18.9 Å². The second-order valence-corrected chi connectivity index (χ2v) is 1.70. The fourth-order valence-corrected chi connectivity index (χ4v) is 0.703. The first-order chi connectivity index (χ1) is 3.43. The molecular weight excluding hydrogens is 126 g/mol. The second kappa shape index (κ2) is 3.89. The van der Waals surface area contributed by atoms with E-state index >= 15 is 0 Å². The van der Waals surface area contributed by atoms with Crippen molar-refractivity contribution in [3.05, 3.63) is 12.2 Å². The predicted octanol–water partition coefficient (Wildman–Crippen LogP) is 1.02. The molecule has 0 radical (unpaired) electrons. The highest BCUT2D eigenvalue weighted by Gasteiger charge is 2.06. The Morgan fingerprint density at radius 1 is 1.38 bits per heavy atom. The molecule has 8 heavy (non-hydrogen) atoms. The maximum Gasteiger partial charge on any atom is 0.0855 e. The van der Waals surface area contributed by atoms with Gasteiger partial charge in [0, 0.05) is 0 Å². The van der Waals surface area contributed by atoms with E-state index in [1.54, 1.807) is 0 Å². The van der Waals surface area contributed by atoms with Gasteiger partial charge in [-0.05, 0) is 12.8 Å². The van der Waals surface area contributed by atoms with Crippen LogP contribution in [0, 0.1) is 0 Å². The van der Waals surface area contributed by atoms with E-state index in [2.05, 4.69) is 17.0 Å². The summed E-state index contributed by atoms with van der Waals surface area (Å²) in [7, 11) is 0. The van der Waals surface area contributed by atoms with Crippen LogP contribution in [-0.4, -0.2) is 6.10 Å². The summed E-state index contributed by atoms with van der Waals surface area (Å²) in [4.78, 5) is 4.55. The van der Waals surface area contributed by atoms with Gasteiger partial charge >= 0.3 is 0 Å². The van der Waals surface area contributed by atoms with Crippen LogP contribution in [-0.2, 0) is 4.84 Å². The molecule has 0 amide bonds. The van der Waals surface area contributed by atoms with Gasteiger partial charge in [-0.25, -0.2) is 5.90 Å². The van der Waals surface area contributed by atoms with Crippen molar-refractivity contribution in [3.8, 4) is 0 Å². The van der Waals surface area contributed by atoms with Crippen LogP contribution in [0.5, 0.6) is 0 Å². The lowest BCUT2D eigenvalue weighted by Crippen LogP contribution is -2.12. The van der Waals surface area contributed by atoms with Gasteiger partial charge in [0.2, 0.25) is 0 Å². The average molecular weight is 136 g/mol. The van der Waals surface area contributed by atoms with Gasteiger partial charge in [-0.2, -0.15) is 0 Å². The van der Waals surface area contributed by atoms with Crippen LogP contribution in [0.4, 0.5) is 0 Å². The molecule has 0 bridgehead atoms. The van der Waals surface area contributed by atoms with Gasteiger partial charge in [-0.3, -0.25) is 0 Å². The summed E-state index contributed by atoms with van der Waals surface area (Å²) in [5, 5.41) is 0. The second-order valence-electron chi connectivity index (χ2n) is 1.70. The lowest BCUT2D eigenvalue weighted by atomic mass is 10.3. The topological polar surface area (TPSA) is 35.2 Å². The van der Waals surface area contributed by atoms with E-state index in [1.807, 2.05) is 0 Å². The number of rotatable bonds is 1. The third kappa shape index (κ3) is 1.82. The van der Waals surface area contributed by atoms with Gasteiger partial charge in [0.25, 0.3) is 0 Å². The maximum absolute atomic E-state index is 4.89. The third-order valence-corrected chi connectivity index (χ3v) is 1.16. The summed E-state index contributed by atoms with van der Waals surface area (Å²) in [6.07, 6.45) is 6.39. The molecule has 2 N–H and O–H groups in total. The molecule has 0 aliphatic heterocycles. The summed E-state index contributed by atoms with van der Waals surface area (Å²) < 4.78 is 0. The molecule has 1 aliphatic carbocycles. The highest BCUT2D eigenvalue weighted by Crippen LogP contribution is 2.10. The van der Waals surface area contributed by atoms with Crippen LogP contribution in [0.15, 0.2) is 12.2 Å². The first kappa shape index (κ1) is 7.95. The van der Waals surface area contributed by atoms with E-state index in [0.717, 1.165) is 12.8 Å². The highest BCUT2D eigenvalue weighted by molar-refractivity contribution is 5.85. The largest absolute Gasteiger partial charge is 0.301 e. The summed E-state index contributed by atoms with van der Waals surface area (Å²) in [5.41, 5.74) is 0. The molecule has 1 rings (SSSR count). The Hall–Kier alpha value is -0.0500. The molecule has 0 aromatic carbocycles. The molecular formula is C5H10ClNO. The smallest absolute Gasteiger partial charge is 0.0855 e. The van der Waals surface area contributed by atoms with Crippen molar-refractivity contribution in [1.82, 2.24) is 0 Å². The molecule has 48 valence electrons. The molecule has 0 aromatic rings. The first-order valence-electron chi connectivity index (χ1n) is 2.44. The first-order valence-corrected chi connectivity index (χ1v) is 2.44. The molecule has 0 saturated heterocycles. The Labute approximate surface area is 55.1 Å². The van der Waals surface area contributed by atoms with E-state index in [1.165, 1.54) is 0 Å². The van der Waals surface area contributed by atoms with Gasteiger partial charge in [-0.15, -0.1) is 12.4 Å². The average Bonchev–Trinajstić information content (AvgIpc) is 2.14. The lowest BCUT2D eigenvalue weighted by Gasteiger charge is -2.01. The molecule has 3 heteroatoms. The highest BCUT2D eigenvalue weighted by atomic mass is 35.5. The maximum atomic E-state index is 4.89. The number of halogens is 1. The molecule has 0 saturated carbocycles. The van der Waals surface area contributed by atoms with Crippen molar-refractivity contribution in [3.63, 3.8) is 0 Å². The summed E-state index contributed by atoms with van der Waals surface area (Å²) in [6.45, 7) is 0. The van der Waals surface area contributed by atoms with Crippen molar-refractivity contribution in [1.29, 1.82) is 0 Å². The molecule has 0 heterocycles. The van der Waals surface area contributed by atoms with Crippen LogP contribution in [0.3, 0.4) is 0 Å². The van der Waals surface area contributed by atoms with E-state index in [-0.39, 0.29) is 18.5 Å². The van der Waals surface area contributed by atoms with Gasteiger partial charge in [-0.1, -0.05) is 12.2 Å². The van der Waals surface area contributed by atoms with Gasteiger partial charge in [0.05, 0.1) is 6.10 Å². The van der Waals surface area contributed by atoms with Crippen LogP contribution in [0.2, 0.25) is 0 Å². The summed E-state index contributed by atoms with van der Waals surface area (Å²) in [5.74, 6) is 4.89. The monoisotopic (exact) mass is 135 g/mol. The minimum Gasteiger partial charge on any atom is -0.301 e. The van der Waals surface area contributed by atoms with Crippen molar-refractivity contribution in [2.75, 3.05) is 0 Å². The van der Waals surface area contributed by atoms with Crippen LogP contribution in [0.25, 0.3) is 0 Å². The SMILES string of the molecule is Cl.NOC1CC=CC1. The Balaban J connectivity index is 0.000000490. The van der Waals surface area contributed by atoms with Crippen molar-refractivity contribution < 1.29 is 4.84 Å². The molecule has 2 nitrogen and oxygen atoms in total. The van der Waals surface area contributed by atoms with Gasteiger partial charge in [0.1, 0.15) is 0 Å². The van der Waals surface area contributed by atoms with E-state index in [4.69, 9.17) is 5.90 Å². The zero-order valence-electron chi connectivity index (χ0n) is 4.54. The van der Waals surface area contributed by atoms with Crippen LogP contribution in [0.1, 0.15) is 12.8 Å². The van der Waals surface area contributed by atoms with E-state index < -0.39 is 0 Å². The van der Waals surface area contributed by atoms with Gasteiger partial charge < -0.3 is 4.84 Å². The molecule has 0 spiro atoms. The number of hydrogen-bond donors (Lipinski definition) is 1. The van der Waals surface area contributed by atoms with E-state index in [9.17, 15) is 0 Å². The molecule has 0 fully saturated rings. The molecule has 0 atom stereocenters. The number of nitrogens with two attached hydrogens (primary N) is 1. The lowest BCUT2D eigenvalue weighted by molar-refractivity contribution is 0.0629. The van der Waals surface area contributed by atoms with E-state index in [0.29, 0.717) is 0 Å². The van der Waals surface area contributed by atoms with Crippen LogP contribution < -0.4 is 5.90 Å². The molecule has 0 unspecified atom stereocenters. The van der Waals surface area contributed by atoms with Crippen LogP contribution >= 0.6 is 12.4 Å². The quantitative estimate of drug-likeness (QED) is 0.430. The Morgan fingerprint density at radius 3 is 2.12 bits per heavy atom. The normalized spacial score (nSPS) is 18.6. The minimum atomic E-state index is 0. The van der Waals surface area contributed by atoms with Crippen molar-refractivity contribution in [2.24, 2.45) is 5.90 Å². The fraction of sp³-hybridized carbons (Fsp3) is 0.600. The minimum absolute atomic E-state index is 0. The number of hydrogen-bond acceptors (Lipinski definition) is 2. The Kier molecular flexibility index (Phi) is 3.87. The standard InChI is InChI=1S/C5H9NO.ClH/c6-7-5-3-1-2-4-5;/h1-2,5H,3-4,6H2;1H. The zero-order chi connectivity index (χ0) is 5.11. The van der Waals surface area contributed by atoms with Gasteiger partial charge in [0.15, 0.2) is 0 Å². The molecule has 0 aromatic heterocycles. The molecule has 1 aliphatic rings. The summed E-state index contributed by atoms with van der Waals surface area (Å²) in [6, 6.07) is 0. The summed E-state index contributed by atoms with van der Waals surface area (Å²) >= 11 is 0. The fourth-order valence-electron chi connectivity index (χ4n) is 0.703. The Morgan fingerprint density at radius 2 is 1.88 bits per heavy atom. The zero-order valence-corrected chi connectivity index (χ0v) is 5.36. The Bertz CT molecular complexity index is 76.5. The predicted molar refractivity (Wildman–Crippen MR) is 34.7 cm³/mol.